The molecule has 0 saturated heterocycles. The van der Waals surface area contributed by atoms with E-state index < -0.39 is 24.3 Å². The molecule has 0 fully saturated rings. The highest BCUT2D eigenvalue weighted by Crippen LogP contribution is 2.27. The molecule has 0 aromatic carbocycles. The molecule has 0 aliphatic heterocycles. The van der Waals surface area contributed by atoms with Crippen LogP contribution < -0.4 is 0 Å². The maximum absolute atomic E-state index is 11.8. The van der Waals surface area contributed by atoms with E-state index in [0.717, 1.165) is 0 Å². The molecule has 0 radical (unpaired) electrons. The van der Waals surface area contributed by atoms with E-state index in [-0.39, 0.29) is 0 Å². The molecule has 0 spiro atoms. The van der Waals surface area contributed by atoms with Gasteiger partial charge in [0.25, 0.3) is 0 Å². The van der Waals surface area contributed by atoms with Gasteiger partial charge in [-0.3, -0.25) is 0 Å². The maximum Gasteiger partial charge on any atom is 0.414 e. The Morgan fingerprint density at radius 3 is 2.00 bits per heavy atom. The van der Waals surface area contributed by atoms with Gasteiger partial charge in [-0.1, -0.05) is 0 Å². The molecular weight excluding hydrogens is 173 g/mol. The van der Waals surface area contributed by atoms with Gasteiger partial charge in [0.1, 0.15) is 0 Å². The fraction of sp³-hybridized carbons (Fsp3) is 1.00. The summed E-state index contributed by atoms with van der Waals surface area (Å²) < 4.78 is 40.2. The Bertz CT molecular complexity index is 142. The first-order chi connectivity index (χ1) is 5.19. The van der Waals surface area contributed by atoms with Crippen molar-refractivity contribution in [2.24, 2.45) is 0 Å². The van der Waals surface area contributed by atoms with Crippen molar-refractivity contribution in [2.45, 2.75) is 38.1 Å². The lowest BCUT2D eigenvalue weighted by Gasteiger charge is -2.26. The highest BCUT2D eigenvalue weighted by Gasteiger charge is 2.41. The number of aliphatic hydroxyl groups is 1. The minimum absolute atomic E-state index is 0.451. The third-order valence-electron chi connectivity index (χ3n) is 1.62. The van der Waals surface area contributed by atoms with E-state index in [1.54, 1.807) is 0 Å². The van der Waals surface area contributed by atoms with Gasteiger partial charge in [-0.2, -0.15) is 13.2 Å². The van der Waals surface area contributed by atoms with Crippen molar-refractivity contribution < 1.29 is 23.0 Å². The van der Waals surface area contributed by atoms with Gasteiger partial charge >= 0.3 is 6.18 Å². The number of rotatable bonds is 3. The fourth-order valence-electron chi connectivity index (χ4n) is 0.665. The third kappa shape index (κ3) is 3.92. The Hall–Kier alpha value is -0.290. The molecule has 0 saturated carbocycles. The van der Waals surface area contributed by atoms with E-state index in [0.29, 0.717) is 0 Å². The SMILES string of the molecule is COC(C)(C)C[C@@H](O)C(F)(F)F. The number of aliphatic hydroxyl groups excluding tert-OH is 1. The lowest BCUT2D eigenvalue weighted by Crippen LogP contribution is -2.37. The second kappa shape index (κ2) is 3.62. The molecule has 1 N–H and O–H groups in total. The van der Waals surface area contributed by atoms with Gasteiger partial charge in [0.05, 0.1) is 5.60 Å². The van der Waals surface area contributed by atoms with Gasteiger partial charge < -0.3 is 9.84 Å². The van der Waals surface area contributed by atoms with Gasteiger partial charge in [-0.25, -0.2) is 0 Å². The summed E-state index contributed by atoms with van der Waals surface area (Å²) >= 11 is 0. The van der Waals surface area contributed by atoms with Crippen molar-refractivity contribution in [3.63, 3.8) is 0 Å². The summed E-state index contributed by atoms with van der Waals surface area (Å²) in [5.41, 5.74) is -0.949. The van der Waals surface area contributed by atoms with Crippen LogP contribution in [0.25, 0.3) is 0 Å². The molecule has 74 valence electrons. The van der Waals surface area contributed by atoms with Gasteiger partial charge in [-0.15, -0.1) is 0 Å². The normalized spacial score (nSPS) is 16.2. The van der Waals surface area contributed by atoms with E-state index >= 15 is 0 Å². The summed E-state index contributed by atoms with van der Waals surface area (Å²) in [4.78, 5) is 0. The van der Waals surface area contributed by atoms with Crippen molar-refractivity contribution in [3.05, 3.63) is 0 Å². The zero-order valence-corrected chi connectivity index (χ0v) is 7.27. The summed E-state index contributed by atoms with van der Waals surface area (Å²) in [6.45, 7) is 2.98. The van der Waals surface area contributed by atoms with E-state index in [1.165, 1.54) is 21.0 Å². The van der Waals surface area contributed by atoms with Crippen molar-refractivity contribution in [3.8, 4) is 0 Å². The van der Waals surface area contributed by atoms with Crippen molar-refractivity contribution in [1.82, 2.24) is 0 Å². The summed E-state index contributed by atoms with van der Waals surface area (Å²) in [5.74, 6) is 0. The Kier molecular flexibility index (Phi) is 3.53. The molecule has 0 aliphatic rings. The summed E-state index contributed by atoms with van der Waals surface area (Å²) in [6, 6.07) is 0. The first kappa shape index (κ1) is 11.7. The third-order valence-corrected chi connectivity index (χ3v) is 1.62. The molecule has 0 heterocycles. The minimum Gasteiger partial charge on any atom is -0.384 e. The Balaban J connectivity index is 4.09. The molecule has 0 amide bonds. The van der Waals surface area contributed by atoms with Crippen molar-refractivity contribution >= 4 is 0 Å². The van der Waals surface area contributed by atoms with Crippen LogP contribution in [-0.4, -0.2) is 30.1 Å². The number of ether oxygens (including phenoxy) is 1. The predicted molar refractivity (Wildman–Crippen MR) is 37.8 cm³/mol. The topological polar surface area (TPSA) is 29.5 Å². The molecule has 2 nitrogen and oxygen atoms in total. The van der Waals surface area contributed by atoms with E-state index in [1.807, 2.05) is 0 Å². The molecule has 0 aliphatic carbocycles. The van der Waals surface area contributed by atoms with E-state index in [9.17, 15) is 13.2 Å². The van der Waals surface area contributed by atoms with Crippen LogP contribution in [0, 0.1) is 0 Å². The number of halogens is 3. The highest BCUT2D eigenvalue weighted by molar-refractivity contribution is 4.77. The second-order valence-electron chi connectivity index (χ2n) is 3.23. The van der Waals surface area contributed by atoms with Crippen LogP contribution in [0.3, 0.4) is 0 Å². The predicted octanol–water partition coefficient (Wildman–Crippen LogP) is 1.72. The molecule has 0 aromatic heterocycles. The zero-order chi connectivity index (χ0) is 9.99. The van der Waals surface area contributed by atoms with Crippen LogP contribution in [0.1, 0.15) is 20.3 Å². The summed E-state index contributed by atoms with van der Waals surface area (Å²) in [7, 11) is 1.31. The van der Waals surface area contributed by atoms with Crippen LogP contribution in [0.5, 0.6) is 0 Å². The van der Waals surface area contributed by atoms with Gasteiger partial charge in [-0.05, 0) is 13.8 Å². The molecule has 0 aromatic rings. The Morgan fingerprint density at radius 2 is 1.75 bits per heavy atom. The van der Waals surface area contributed by atoms with Crippen molar-refractivity contribution in [1.29, 1.82) is 0 Å². The second-order valence-corrected chi connectivity index (χ2v) is 3.23. The minimum atomic E-state index is -4.56. The molecule has 12 heavy (non-hydrogen) atoms. The quantitative estimate of drug-likeness (QED) is 0.727. The van der Waals surface area contributed by atoms with E-state index in [2.05, 4.69) is 0 Å². The average molecular weight is 186 g/mol. The lowest BCUT2D eigenvalue weighted by molar-refractivity contribution is -0.217. The molecule has 0 unspecified atom stereocenters. The largest absolute Gasteiger partial charge is 0.414 e. The molecule has 5 heteroatoms. The maximum atomic E-state index is 11.8. The molecule has 0 bridgehead atoms. The first-order valence-corrected chi connectivity index (χ1v) is 3.49. The average Bonchev–Trinajstić information content (AvgIpc) is 1.85. The highest BCUT2D eigenvalue weighted by atomic mass is 19.4. The van der Waals surface area contributed by atoms with Crippen LogP contribution in [-0.2, 0) is 4.74 Å². The van der Waals surface area contributed by atoms with Crippen LogP contribution in [0.4, 0.5) is 13.2 Å². The van der Waals surface area contributed by atoms with Crippen LogP contribution >= 0.6 is 0 Å². The number of methoxy groups -OCH3 is 1. The van der Waals surface area contributed by atoms with Crippen molar-refractivity contribution in [2.75, 3.05) is 7.11 Å². The summed E-state index contributed by atoms with van der Waals surface area (Å²) in [6.07, 6.45) is -7.32. The zero-order valence-electron chi connectivity index (χ0n) is 7.27. The number of alkyl halides is 3. The first-order valence-electron chi connectivity index (χ1n) is 3.49. The summed E-state index contributed by atoms with van der Waals surface area (Å²) in [5, 5.41) is 8.65. The van der Waals surface area contributed by atoms with Gasteiger partial charge in [0.15, 0.2) is 6.10 Å². The standard InChI is InChI=1S/C7H13F3O2/c1-6(2,12-3)4-5(11)7(8,9)10/h5,11H,4H2,1-3H3/t5-/m1/s1. The smallest absolute Gasteiger partial charge is 0.384 e. The Morgan fingerprint density at radius 1 is 1.33 bits per heavy atom. The Labute approximate surface area is 69.3 Å². The monoisotopic (exact) mass is 186 g/mol. The van der Waals surface area contributed by atoms with Gasteiger partial charge in [0.2, 0.25) is 0 Å². The number of hydrogen-bond acceptors (Lipinski definition) is 2. The fourth-order valence-corrected chi connectivity index (χ4v) is 0.665. The lowest BCUT2D eigenvalue weighted by atomic mass is 10.0. The molecule has 1 atom stereocenters. The molecule has 0 rings (SSSR count). The van der Waals surface area contributed by atoms with Gasteiger partial charge in [0, 0.05) is 13.5 Å². The van der Waals surface area contributed by atoms with Crippen LogP contribution in [0.2, 0.25) is 0 Å². The van der Waals surface area contributed by atoms with Crippen LogP contribution in [0.15, 0.2) is 0 Å². The molecular formula is C7H13F3O2. The number of hydrogen-bond donors (Lipinski definition) is 1. The van der Waals surface area contributed by atoms with E-state index in [4.69, 9.17) is 9.84 Å².